The lowest BCUT2D eigenvalue weighted by atomic mass is 9.62. The molecule has 0 bridgehead atoms. The lowest BCUT2D eigenvalue weighted by Crippen LogP contribution is -2.49. The number of nitrogens with zero attached hydrogens (tertiary/aromatic N) is 1. The number of carbonyl (C=O) groups is 4. The molecular formula is C36H28N2O6. The molecule has 0 aromatic heterocycles. The number of methoxy groups -OCH3 is 1. The van der Waals surface area contributed by atoms with Crippen molar-refractivity contribution in [2.75, 3.05) is 12.4 Å². The highest BCUT2D eigenvalue weighted by molar-refractivity contribution is 6.16. The van der Waals surface area contributed by atoms with E-state index in [2.05, 4.69) is 5.32 Å². The topological polar surface area (TPSA) is 102 Å². The number of fused-ring (bicyclic) bond motifs is 6. The van der Waals surface area contributed by atoms with Crippen molar-refractivity contribution in [1.29, 1.82) is 0 Å². The van der Waals surface area contributed by atoms with Crippen LogP contribution in [-0.2, 0) is 15.0 Å². The van der Waals surface area contributed by atoms with Gasteiger partial charge in [0.1, 0.15) is 23.0 Å². The van der Waals surface area contributed by atoms with E-state index in [4.69, 9.17) is 9.47 Å². The molecule has 8 heteroatoms. The van der Waals surface area contributed by atoms with Crippen LogP contribution in [0.1, 0.15) is 50.4 Å². The summed E-state index contributed by atoms with van der Waals surface area (Å²) in [7, 11) is 1.52. The maximum Gasteiger partial charge on any atom is 0.308 e. The first-order chi connectivity index (χ1) is 21.3. The molecule has 44 heavy (non-hydrogen) atoms. The van der Waals surface area contributed by atoms with Gasteiger partial charge in [0.15, 0.2) is 11.6 Å². The Kier molecular flexibility index (Phi) is 6.43. The number of carbonyl (C=O) groups excluding carboxylic acids is 4. The lowest BCUT2D eigenvalue weighted by molar-refractivity contribution is -0.131. The summed E-state index contributed by atoms with van der Waals surface area (Å²) in [6, 6.07) is 26.5. The number of amides is 1. The molecule has 4 aromatic carbocycles. The minimum atomic E-state index is -1.43. The van der Waals surface area contributed by atoms with Crippen LogP contribution in [0.5, 0.6) is 11.5 Å². The number of hydrogen-bond donors (Lipinski definition) is 1. The third-order valence-corrected chi connectivity index (χ3v) is 8.88. The number of nitrogens with one attached hydrogen (secondary N) is 1. The van der Waals surface area contributed by atoms with E-state index in [1.165, 1.54) is 14.0 Å². The number of rotatable bonds is 6. The molecule has 3 aliphatic heterocycles. The normalized spacial score (nSPS) is 22.5. The van der Waals surface area contributed by atoms with Crippen LogP contribution in [-0.4, -0.2) is 41.5 Å². The van der Waals surface area contributed by atoms with Crippen molar-refractivity contribution < 1.29 is 28.7 Å². The summed E-state index contributed by atoms with van der Waals surface area (Å²) in [6.07, 6.45) is 3.75. The highest BCUT2D eigenvalue weighted by Gasteiger charge is 2.70. The monoisotopic (exact) mass is 584 g/mol. The molecule has 0 aliphatic carbocycles. The zero-order valence-corrected chi connectivity index (χ0v) is 24.0. The molecule has 1 spiro atoms. The van der Waals surface area contributed by atoms with Gasteiger partial charge in [0.05, 0.1) is 19.1 Å². The van der Waals surface area contributed by atoms with Gasteiger partial charge in [-0.15, -0.1) is 0 Å². The number of ether oxygens (including phenoxy) is 2. The molecule has 1 saturated heterocycles. The van der Waals surface area contributed by atoms with Crippen LogP contribution in [0.4, 0.5) is 5.69 Å². The van der Waals surface area contributed by atoms with Crippen molar-refractivity contribution >= 4 is 35.2 Å². The van der Waals surface area contributed by atoms with E-state index in [0.29, 0.717) is 33.9 Å². The molecule has 1 amide bonds. The smallest absolute Gasteiger partial charge is 0.308 e. The second kappa shape index (κ2) is 10.3. The third-order valence-electron chi connectivity index (χ3n) is 8.88. The van der Waals surface area contributed by atoms with Crippen LogP contribution in [0.25, 0.3) is 6.08 Å². The Balaban J connectivity index is 1.48. The number of ketones is 2. The molecule has 4 atom stereocenters. The maximum atomic E-state index is 14.9. The quantitative estimate of drug-likeness (QED) is 0.179. The zero-order valence-electron chi connectivity index (χ0n) is 24.0. The van der Waals surface area contributed by atoms with Crippen molar-refractivity contribution in [3.63, 3.8) is 0 Å². The Morgan fingerprint density at radius 3 is 2.34 bits per heavy atom. The number of anilines is 1. The fourth-order valence-corrected chi connectivity index (χ4v) is 7.15. The van der Waals surface area contributed by atoms with E-state index in [1.807, 2.05) is 65.7 Å². The van der Waals surface area contributed by atoms with Gasteiger partial charge in [-0.05, 0) is 65.2 Å². The number of benzene rings is 4. The first kappa shape index (κ1) is 27.3. The molecule has 4 aromatic rings. The Bertz CT molecular complexity index is 1880. The second-order valence-electron chi connectivity index (χ2n) is 11.2. The molecule has 0 unspecified atom stereocenters. The van der Waals surface area contributed by atoms with Crippen molar-refractivity contribution in [1.82, 2.24) is 4.90 Å². The number of esters is 1. The van der Waals surface area contributed by atoms with Crippen molar-refractivity contribution in [2.45, 2.75) is 24.4 Å². The van der Waals surface area contributed by atoms with E-state index in [-0.39, 0.29) is 17.5 Å². The summed E-state index contributed by atoms with van der Waals surface area (Å²) in [5.41, 5.74) is 2.28. The zero-order chi connectivity index (χ0) is 30.6. The van der Waals surface area contributed by atoms with Gasteiger partial charge in [-0.2, -0.15) is 0 Å². The van der Waals surface area contributed by atoms with E-state index < -0.39 is 29.4 Å². The summed E-state index contributed by atoms with van der Waals surface area (Å²) < 4.78 is 10.6. The summed E-state index contributed by atoms with van der Waals surface area (Å²) in [6.45, 7) is 1.30. The molecule has 3 aliphatic rings. The van der Waals surface area contributed by atoms with Crippen LogP contribution < -0.4 is 14.8 Å². The van der Waals surface area contributed by atoms with Gasteiger partial charge in [0.25, 0.3) is 0 Å². The van der Waals surface area contributed by atoms with E-state index in [9.17, 15) is 19.2 Å². The molecular weight excluding hydrogens is 556 g/mol. The van der Waals surface area contributed by atoms with Gasteiger partial charge in [0, 0.05) is 29.9 Å². The molecule has 1 N–H and O–H groups in total. The predicted molar refractivity (Wildman–Crippen MR) is 163 cm³/mol. The first-order valence-corrected chi connectivity index (χ1v) is 14.3. The van der Waals surface area contributed by atoms with E-state index >= 15 is 0 Å². The van der Waals surface area contributed by atoms with Crippen LogP contribution in [0, 0.1) is 5.92 Å². The second-order valence-corrected chi connectivity index (χ2v) is 11.2. The van der Waals surface area contributed by atoms with Crippen molar-refractivity contribution in [3.05, 3.63) is 131 Å². The standard InChI is InChI=1S/C36H28N2O6/c1-21(39)44-25-16-14-23(15-17-25)33(41)31-30(32(40)24-9-7-10-26(20-24)43-2)36(28-12-5-6-13-29(28)37-35(36)42)34-27-11-4-3-8-22(27)18-19-38(31)34/h3-20,30-31,34H,1-2H3,(H,37,42)/t30-,31-,34+,36-/m0/s1. The largest absolute Gasteiger partial charge is 0.497 e. The molecule has 0 radical (unpaired) electrons. The van der Waals surface area contributed by atoms with E-state index in [1.54, 1.807) is 48.5 Å². The number of Topliss-reactive ketones (excluding diaryl/α,β-unsaturated/α-hetero) is 2. The van der Waals surface area contributed by atoms with Gasteiger partial charge in [-0.1, -0.05) is 54.6 Å². The molecule has 7 rings (SSSR count). The highest BCUT2D eigenvalue weighted by atomic mass is 16.5. The van der Waals surface area contributed by atoms with Crippen molar-refractivity contribution in [3.8, 4) is 11.5 Å². The lowest BCUT2D eigenvalue weighted by Gasteiger charge is -2.38. The van der Waals surface area contributed by atoms with Gasteiger partial charge >= 0.3 is 5.97 Å². The molecule has 3 heterocycles. The van der Waals surface area contributed by atoms with Crippen LogP contribution in [0.2, 0.25) is 0 Å². The molecule has 0 saturated carbocycles. The number of para-hydroxylation sites is 1. The number of hydrogen-bond acceptors (Lipinski definition) is 7. The fraction of sp³-hybridized carbons (Fsp3) is 0.167. The summed E-state index contributed by atoms with van der Waals surface area (Å²) in [5.74, 6) is -1.80. The highest BCUT2D eigenvalue weighted by Crippen LogP contribution is 2.62. The summed E-state index contributed by atoms with van der Waals surface area (Å²) in [4.78, 5) is 57.5. The minimum absolute atomic E-state index is 0.301. The average Bonchev–Trinajstić information content (AvgIpc) is 3.52. The average molecular weight is 585 g/mol. The Hall–Kier alpha value is -5.50. The van der Waals surface area contributed by atoms with E-state index in [0.717, 1.165) is 11.1 Å². The van der Waals surface area contributed by atoms with Crippen LogP contribution in [0.15, 0.2) is 103 Å². The molecule has 1 fully saturated rings. The van der Waals surface area contributed by atoms with Crippen LogP contribution in [0.3, 0.4) is 0 Å². The van der Waals surface area contributed by atoms with Crippen molar-refractivity contribution in [2.24, 2.45) is 5.92 Å². The third kappa shape index (κ3) is 3.98. The van der Waals surface area contributed by atoms with Gasteiger partial charge in [-0.3, -0.25) is 19.2 Å². The minimum Gasteiger partial charge on any atom is -0.497 e. The van der Waals surface area contributed by atoms with Gasteiger partial charge < -0.3 is 19.7 Å². The Labute approximate surface area is 253 Å². The molecule has 218 valence electrons. The van der Waals surface area contributed by atoms with Gasteiger partial charge in [0.2, 0.25) is 5.91 Å². The Morgan fingerprint density at radius 1 is 0.818 bits per heavy atom. The maximum absolute atomic E-state index is 14.9. The van der Waals surface area contributed by atoms with Gasteiger partial charge in [-0.25, -0.2) is 0 Å². The summed E-state index contributed by atoms with van der Waals surface area (Å²) >= 11 is 0. The first-order valence-electron chi connectivity index (χ1n) is 14.3. The predicted octanol–water partition coefficient (Wildman–Crippen LogP) is 5.60. The SMILES string of the molecule is COc1cccc(C(=O)[C@@H]2[C@@H](C(=O)c3ccc(OC(C)=O)cc3)N3C=Cc4ccccc4[C@@H]3[C@@]23C(=O)Nc2ccccc23)c1. The summed E-state index contributed by atoms with van der Waals surface area (Å²) in [5, 5.41) is 3.05. The van der Waals surface area contributed by atoms with Crippen LogP contribution >= 0.6 is 0 Å². The fourth-order valence-electron chi connectivity index (χ4n) is 7.15. The molecule has 8 nitrogen and oxygen atoms in total. The Morgan fingerprint density at radius 2 is 1.57 bits per heavy atom.